The van der Waals surface area contributed by atoms with Gasteiger partial charge in [0.25, 0.3) is 0 Å². The molecule has 0 aromatic carbocycles. The predicted molar refractivity (Wildman–Crippen MR) is 79.7 cm³/mol. The van der Waals surface area contributed by atoms with E-state index in [1.165, 1.54) is 11.4 Å². The first-order valence-electron chi connectivity index (χ1n) is 6.41. The third-order valence-corrected chi connectivity index (χ3v) is 5.12. The molecule has 1 aromatic heterocycles. The highest BCUT2D eigenvalue weighted by Gasteiger charge is 2.25. The summed E-state index contributed by atoms with van der Waals surface area (Å²) in [6.07, 6.45) is 1.13. The van der Waals surface area contributed by atoms with E-state index in [9.17, 15) is 0 Å². The van der Waals surface area contributed by atoms with Gasteiger partial charge < -0.3 is 15.1 Å². The van der Waals surface area contributed by atoms with Gasteiger partial charge in [-0.25, -0.2) is 0 Å². The first-order valence-corrected chi connectivity index (χ1v) is 7.61. The normalized spacial score (nSPS) is 24.3. The van der Waals surface area contributed by atoms with Crippen LogP contribution >= 0.6 is 22.9 Å². The van der Waals surface area contributed by atoms with Crippen molar-refractivity contribution in [2.24, 2.45) is 0 Å². The van der Waals surface area contributed by atoms with Crippen LogP contribution in [0.3, 0.4) is 0 Å². The summed E-state index contributed by atoms with van der Waals surface area (Å²) in [7, 11) is 6.47. The van der Waals surface area contributed by atoms with E-state index in [2.05, 4.69) is 35.3 Å². The van der Waals surface area contributed by atoms with Crippen molar-refractivity contribution in [3.63, 3.8) is 0 Å². The van der Waals surface area contributed by atoms with Gasteiger partial charge in [0, 0.05) is 36.6 Å². The molecule has 0 bridgehead atoms. The molecule has 3 nitrogen and oxygen atoms in total. The van der Waals surface area contributed by atoms with Gasteiger partial charge in [0.15, 0.2) is 0 Å². The molecule has 18 heavy (non-hydrogen) atoms. The number of piperazine rings is 1. The van der Waals surface area contributed by atoms with Crippen LogP contribution in [0.4, 0.5) is 0 Å². The van der Waals surface area contributed by atoms with E-state index in [0.717, 1.165) is 23.8 Å². The van der Waals surface area contributed by atoms with E-state index in [1.54, 1.807) is 11.3 Å². The van der Waals surface area contributed by atoms with Crippen LogP contribution in [0.2, 0.25) is 4.34 Å². The zero-order valence-electron chi connectivity index (χ0n) is 11.3. The van der Waals surface area contributed by atoms with Crippen LogP contribution in [0, 0.1) is 0 Å². The van der Waals surface area contributed by atoms with Gasteiger partial charge in [-0.05, 0) is 39.7 Å². The average Bonchev–Trinajstić information content (AvgIpc) is 2.77. The van der Waals surface area contributed by atoms with E-state index in [-0.39, 0.29) is 0 Å². The summed E-state index contributed by atoms with van der Waals surface area (Å²) in [6.45, 7) is 3.47. The van der Waals surface area contributed by atoms with Crippen LogP contribution in [-0.4, -0.2) is 56.6 Å². The Bertz CT molecular complexity index is 382. The molecular formula is C13H22ClN3S. The van der Waals surface area contributed by atoms with Gasteiger partial charge in [-0.1, -0.05) is 11.6 Å². The quantitative estimate of drug-likeness (QED) is 0.917. The molecule has 1 aliphatic heterocycles. The van der Waals surface area contributed by atoms with Crippen molar-refractivity contribution in [1.82, 2.24) is 15.1 Å². The van der Waals surface area contributed by atoms with Crippen molar-refractivity contribution < 1.29 is 0 Å². The number of nitrogens with one attached hydrogen (secondary N) is 1. The molecule has 2 heterocycles. The van der Waals surface area contributed by atoms with E-state index in [1.807, 2.05) is 13.1 Å². The van der Waals surface area contributed by atoms with Crippen LogP contribution in [0.5, 0.6) is 0 Å². The molecule has 1 aliphatic rings. The van der Waals surface area contributed by atoms with Crippen molar-refractivity contribution in [1.29, 1.82) is 0 Å². The average molecular weight is 288 g/mol. The van der Waals surface area contributed by atoms with E-state index in [4.69, 9.17) is 11.6 Å². The Morgan fingerprint density at radius 3 is 2.83 bits per heavy atom. The number of thiophene rings is 1. The standard InChI is InChI=1S/C13H22ClN3S/c1-15-11(12-4-5-13(14)18-12)8-10-9-16(2)6-7-17(10)3/h4-5,10-11,15H,6-9H2,1-3H3. The second-order valence-electron chi connectivity index (χ2n) is 5.12. The fourth-order valence-electron chi connectivity index (χ4n) is 2.52. The SMILES string of the molecule is CNC(CC1CN(C)CCN1C)c1ccc(Cl)s1. The van der Waals surface area contributed by atoms with Crippen LogP contribution in [-0.2, 0) is 0 Å². The van der Waals surface area contributed by atoms with Gasteiger partial charge in [-0.15, -0.1) is 11.3 Å². The van der Waals surface area contributed by atoms with Gasteiger partial charge >= 0.3 is 0 Å². The number of halogens is 1. The Labute approximate surface area is 119 Å². The summed E-state index contributed by atoms with van der Waals surface area (Å²) >= 11 is 7.71. The third-order valence-electron chi connectivity index (χ3n) is 3.77. The summed E-state index contributed by atoms with van der Waals surface area (Å²) in [6, 6.07) is 5.15. The van der Waals surface area contributed by atoms with Gasteiger partial charge in [-0.3, -0.25) is 0 Å². The summed E-state index contributed by atoms with van der Waals surface area (Å²) < 4.78 is 0.874. The van der Waals surface area contributed by atoms with Crippen LogP contribution in [0.1, 0.15) is 17.3 Å². The number of rotatable bonds is 4. The highest BCUT2D eigenvalue weighted by atomic mass is 35.5. The summed E-state index contributed by atoms with van der Waals surface area (Å²) in [5.74, 6) is 0. The van der Waals surface area contributed by atoms with Crippen molar-refractivity contribution in [2.45, 2.75) is 18.5 Å². The topological polar surface area (TPSA) is 18.5 Å². The van der Waals surface area contributed by atoms with Crippen molar-refractivity contribution in [2.75, 3.05) is 40.8 Å². The molecule has 0 radical (unpaired) electrons. The lowest BCUT2D eigenvalue weighted by Crippen LogP contribution is -2.50. The molecule has 0 saturated carbocycles. The molecule has 1 N–H and O–H groups in total. The fourth-order valence-corrected chi connectivity index (χ4v) is 3.70. The Morgan fingerprint density at radius 1 is 1.44 bits per heavy atom. The summed E-state index contributed by atoms with van der Waals surface area (Å²) in [4.78, 5) is 6.22. The minimum atomic E-state index is 0.404. The highest BCUT2D eigenvalue weighted by molar-refractivity contribution is 7.16. The lowest BCUT2D eigenvalue weighted by atomic mass is 10.0. The maximum Gasteiger partial charge on any atom is 0.0931 e. The molecule has 2 unspecified atom stereocenters. The molecule has 2 atom stereocenters. The zero-order chi connectivity index (χ0) is 13.1. The number of likely N-dealkylation sites (N-methyl/N-ethyl adjacent to an activating group) is 2. The second kappa shape index (κ2) is 6.35. The number of hydrogen-bond donors (Lipinski definition) is 1. The molecule has 0 amide bonds. The maximum atomic E-state index is 6.03. The Morgan fingerprint density at radius 2 is 2.22 bits per heavy atom. The largest absolute Gasteiger partial charge is 0.312 e. The molecule has 1 saturated heterocycles. The van der Waals surface area contributed by atoms with E-state index >= 15 is 0 Å². The fraction of sp³-hybridized carbons (Fsp3) is 0.692. The molecule has 1 aromatic rings. The monoisotopic (exact) mass is 287 g/mol. The second-order valence-corrected chi connectivity index (χ2v) is 6.86. The van der Waals surface area contributed by atoms with Gasteiger partial charge in [0.05, 0.1) is 4.34 Å². The smallest absolute Gasteiger partial charge is 0.0931 e. The molecule has 1 fully saturated rings. The van der Waals surface area contributed by atoms with Crippen molar-refractivity contribution in [3.8, 4) is 0 Å². The van der Waals surface area contributed by atoms with Gasteiger partial charge in [0.1, 0.15) is 0 Å². The first kappa shape index (κ1) is 14.3. The Kier molecular flexibility index (Phi) is 5.04. The van der Waals surface area contributed by atoms with Crippen LogP contribution in [0.15, 0.2) is 12.1 Å². The predicted octanol–water partition coefficient (Wildman–Crippen LogP) is 2.30. The van der Waals surface area contributed by atoms with Crippen molar-refractivity contribution >= 4 is 22.9 Å². The van der Waals surface area contributed by atoms with Gasteiger partial charge in [0.2, 0.25) is 0 Å². The number of nitrogens with zero attached hydrogens (tertiary/aromatic N) is 2. The van der Waals surface area contributed by atoms with Crippen LogP contribution in [0.25, 0.3) is 0 Å². The lowest BCUT2D eigenvalue weighted by Gasteiger charge is -2.39. The zero-order valence-corrected chi connectivity index (χ0v) is 12.9. The Balaban J connectivity index is 2.01. The first-order chi connectivity index (χ1) is 8.60. The summed E-state index contributed by atoms with van der Waals surface area (Å²) in [5, 5.41) is 3.42. The number of hydrogen-bond acceptors (Lipinski definition) is 4. The lowest BCUT2D eigenvalue weighted by molar-refractivity contribution is 0.102. The molecule has 5 heteroatoms. The summed E-state index contributed by atoms with van der Waals surface area (Å²) in [5.41, 5.74) is 0. The van der Waals surface area contributed by atoms with Crippen LogP contribution < -0.4 is 5.32 Å². The molecule has 0 spiro atoms. The molecular weight excluding hydrogens is 266 g/mol. The van der Waals surface area contributed by atoms with Gasteiger partial charge in [-0.2, -0.15) is 0 Å². The Hall–Kier alpha value is -0.130. The molecule has 102 valence electrons. The highest BCUT2D eigenvalue weighted by Crippen LogP contribution is 2.30. The molecule has 0 aliphatic carbocycles. The van der Waals surface area contributed by atoms with E-state index < -0.39 is 0 Å². The minimum Gasteiger partial charge on any atom is -0.312 e. The van der Waals surface area contributed by atoms with Crippen molar-refractivity contribution in [3.05, 3.63) is 21.3 Å². The third kappa shape index (κ3) is 3.45. The van der Waals surface area contributed by atoms with E-state index in [0.29, 0.717) is 12.1 Å². The minimum absolute atomic E-state index is 0.404. The molecule has 2 rings (SSSR count). The maximum absolute atomic E-state index is 6.03.